The zero-order valence-corrected chi connectivity index (χ0v) is 5.96. The van der Waals surface area contributed by atoms with Gasteiger partial charge >= 0.3 is 11.9 Å². The highest BCUT2D eigenvalue weighted by Crippen LogP contribution is 2.27. The minimum absolute atomic E-state index is 0.0309. The first kappa shape index (κ1) is 6.84. The molecule has 12 heavy (non-hydrogen) atoms. The average Bonchev–Trinajstić information content (AvgIpc) is 2.29. The molecule has 0 radical (unpaired) electrons. The summed E-state index contributed by atoms with van der Waals surface area (Å²) in [6.45, 7) is 0. The summed E-state index contributed by atoms with van der Waals surface area (Å²) in [7, 11) is 0. The van der Waals surface area contributed by atoms with Crippen molar-refractivity contribution in [1.29, 1.82) is 0 Å². The van der Waals surface area contributed by atoms with Gasteiger partial charge in [0.1, 0.15) is 0 Å². The Labute approximate surface area is 67.4 Å². The number of hydrogen-bond donors (Lipinski definition) is 0. The lowest BCUT2D eigenvalue weighted by Crippen LogP contribution is -1.97. The molecule has 0 aromatic heterocycles. The molecule has 1 heterocycles. The lowest BCUT2D eigenvalue weighted by Gasteiger charge is -1.90. The number of rotatable bonds is 0. The molecule has 0 saturated carbocycles. The second-order valence-electron chi connectivity index (χ2n) is 2.41. The van der Waals surface area contributed by atoms with Crippen LogP contribution in [0.1, 0.15) is 20.7 Å². The van der Waals surface area contributed by atoms with Gasteiger partial charge in [0, 0.05) is 6.07 Å². The van der Waals surface area contributed by atoms with Crippen LogP contribution in [0, 0.1) is 0 Å². The van der Waals surface area contributed by atoms with Gasteiger partial charge in [-0.25, -0.2) is 9.59 Å². The van der Waals surface area contributed by atoms with E-state index < -0.39 is 11.9 Å². The number of esters is 2. The monoisotopic (exact) mass is 165 g/mol. The van der Waals surface area contributed by atoms with Gasteiger partial charge in [0.2, 0.25) is 0 Å². The van der Waals surface area contributed by atoms with Gasteiger partial charge in [-0.3, -0.25) is 0 Å². The van der Waals surface area contributed by atoms with Crippen LogP contribution in [0.25, 0.3) is 0 Å². The number of benzene rings is 1. The molecule has 0 aliphatic carbocycles. The highest BCUT2D eigenvalue weighted by atomic mass is 16.6. The largest absolute Gasteiger partial charge is 0.593 e. The number of hydrogen-bond acceptors (Lipinski definition) is 3. The van der Waals surface area contributed by atoms with Gasteiger partial charge < -0.3 is 9.84 Å². The second-order valence-corrected chi connectivity index (χ2v) is 2.41. The highest BCUT2D eigenvalue weighted by molar-refractivity contribution is 6.16. The number of carbonyl (C=O) groups excluding carboxylic acids is 2. The van der Waals surface area contributed by atoms with E-state index in [1.807, 2.05) is 0 Å². The van der Waals surface area contributed by atoms with Crippen LogP contribution in [-0.2, 0) is 4.74 Å². The molecule has 1 aliphatic rings. The highest BCUT2D eigenvalue weighted by Gasteiger charge is 2.34. The molecule has 0 atom stereocenters. The molecule has 0 amide bonds. The molecule has 1 aromatic rings. The lowest BCUT2D eigenvalue weighted by atomic mass is 10.1. The van der Waals surface area contributed by atoms with Gasteiger partial charge in [0.05, 0.1) is 5.56 Å². The van der Waals surface area contributed by atoms with Gasteiger partial charge in [-0.1, -0.05) is 6.07 Å². The second kappa shape index (κ2) is 2.07. The molecule has 0 saturated heterocycles. The minimum atomic E-state index is -0.722. The van der Waals surface area contributed by atoms with Gasteiger partial charge in [0.15, 0.2) is 5.56 Å². The molecule has 0 unspecified atom stereocenters. The van der Waals surface area contributed by atoms with E-state index in [-0.39, 0.29) is 16.9 Å². The molecule has 0 spiro atoms. The summed E-state index contributed by atoms with van der Waals surface area (Å²) in [5, 5.41) is 7.32. The van der Waals surface area contributed by atoms with Crippen molar-refractivity contribution in [3.05, 3.63) is 29.3 Å². The molecule has 4 heteroatoms. The first-order valence-corrected chi connectivity index (χ1v) is 3.31. The van der Waals surface area contributed by atoms with E-state index in [2.05, 4.69) is 4.74 Å². The van der Waals surface area contributed by atoms with Crippen LogP contribution in [0.3, 0.4) is 0 Å². The van der Waals surface area contributed by atoms with Crippen molar-refractivity contribution in [2.75, 3.05) is 0 Å². The predicted octanol–water partition coefficient (Wildman–Crippen LogP) is 0.435. The molecule has 0 bridgehead atoms. The predicted molar refractivity (Wildman–Crippen MR) is 39.2 cm³/mol. The van der Waals surface area contributed by atoms with Crippen molar-refractivity contribution >= 4 is 11.9 Å². The fourth-order valence-corrected chi connectivity index (χ4v) is 1.13. The minimum Gasteiger partial charge on any atom is -0.593 e. The Hall–Kier alpha value is -1.84. The van der Waals surface area contributed by atoms with Gasteiger partial charge in [0.25, 0.3) is 5.75 Å². The molecule has 2 rings (SSSR count). The van der Waals surface area contributed by atoms with Crippen LogP contribution in [0.2, 0.25) is 0 Å². The van der Waals surface area contributed by atoms with Crippen LogP contribution in [0.5, 0.6) is 5.75 Å². The van der Waals surface area contributed by atoms with E-state index in [0.717, 1.165) is 0 Å². The van der Waals surface area contributed by atoms with Crippen molar-refractivity contribution in [3.63, 3.8) is 0 Å². The van der Waals surface area contributed by atoms with Crippen LogP contribution >= 0.6 is 0 Å². The van der Waals surface area contributed by atoms with E-state index in [4.69, 9.17) is 5.11 Å². The summed E-state index contributed by atoms with van der Waals surface area (Å²) in [6.07, 6.45) is 0. The molecule has 0 fully saturated rings. The summed E-state index contributed by atoms with van der Waals surface area (Å²) in [5.41, 5.74) is 0.259. The third kappa shape index (κ3) is 0.717. The first-order chi connectivity index (χ1) is 5.70. The zero-order chi connectivity index (χ0) is 8.72. The lowest BCUT2D eigenvalue weighted by molar-refractivity contribution is 0.0443. The zero-order valence-electron chi connectivity index (χ0n) is 5.96. The number of ether oxygens (including phenoxy) is 1. The summed E-state index contributed by atoms with van der Waals surface area (Å²) in [4.78, 5) is 21.8. The molecule has 1 aromatic carbocycles. The van der Waals surface area contributed by atoms with Crippen molar-refractivity contribution in [2.45, 2.75) is 0 Å². The fraction of sp³-hybridized carbons (Fsp3) is 0. The first-order valence-electron chi connectivity index (χ1n) is 3.31. The summed E-state index contributed by atoms with van der Waals surface area (Å²) < 4.78 is 4.31. The Bertz CT molecular complexity index is 381. The maximum atomic E-state index is 10.9. The molecular weight excluding hydrogens is 160 g/mol. The fourth-order valence-electron chi connectivity index (χ4n) is 1.13. The van der Waals surface area contributed by atoms with Crippen molar-refractivity contribution < 1.29 is 19.4 Å². The van der Waals surface area contributed by atoms with Crippen molar-refractivity contribution in [3.8, 4) is 5.75 Å². The van der Waals surface area contributed by atoms with Gasteiger partial charge in [-0.05, 0) is 6.07 Å². The van der Waals surface area contributed by atoms with Crippen molar-refractivity contribution in [2.24, 2.45) is 0 Å². The van der Waals surface area contributed by atoms with E-state index in [0.29, 0.717) is 0 Å². The van der Waals surface area contributed by atoms with Gasteiger partial charge in [-0.15, -0.1) is 0 Å². The Morgan fingerprint density at radius 2 is 1.92 bits per heavy atom. The number of fused-ring (bicyclic) bond motifs is 1. The van der Waals surface area contributed by atoms with Crippen LogP contribution in [0.4, 0.5) is 0 Å². The normalized spacial score (nSPS) is 14.3. The maximum Gasteiger partial charge on any atom is 0.356 e. The molecule has 1 aliphatic heterocycles. The molecular formula is C8H5O4+. The summed E-state index contributed by atoms with van der Waals surface area (Å²) in [6, 6.07) is 4.46. The van der Waals surface area contributed by atoms with E-state index in [1.165, 1.54) is 12.1 Å². The third-order valence-corrected chi connectivity index (χ3v) is 1.67. The molecule has 2 N–H and O–H groups in total. The number of carbonyl (C=O) groups is 2. The van der Waals surface area contributed by atoms with Crippen LogP contribution < -0.4 is 0 Å². The Morgan fingerprint density at radius 3 is 2.58 bits per heavy atom. The SMILES string of the molecule is O=C1OC(=O)c2c([OH2+])cccc21. The average molecular weight is 165 g/mol. The van der Waals surface area contributed by atoms with Crippen LogP contribution in [0.15, 0.2) is 18.2 Å². The quantitative estimate of drug-likeness (QED) is 0.318. The topological polar surface area (TPSA) is 66.3 Å². The van der Waals surface area contributed by atoms with E-state index in [9.17, 15) is 9.59 Å². The smallest absolute Gasteiger partial charge is 0.356 e. The molecule has 4 nitrogen and oxygen atoms in total. The van der Waals surface area contributed by atoms with Crippen molar-refractivity contribution in [1.82, 2.24) is 0 Å². The standard InChI is InChI=1S/C8H4O4/c9-5-3-1-2-4-6(5)8(11)12-7(4)10/h1-3,9H/p+1. The summed E-state index contributed by atoms with van der Waals surface area (Å²) in [5.74, 6) is -1.35. The van der Waals surface area contributed by atoms with E-state index >= 15 is 0 Å². The Balaban J connectivity index is 2.75. The third-order valence-electron chi connectivity index (χ3n) is 1.67. The summed E-state index contributed by atoms with van der Waals surface area (Å²) >= 11 is 0. The number of cyclic esters (lactones) is 2. The Kier molecular flexibility index (Phi) is 1.18. The van der Waals surface area contributed by atoms with Crippen LogP contribution in [-0.4, -0.2) is 17.0 Å². The maximum absolute atomic E-state index is 10.9. The Morgan fingerprint density at radius 1 is 1.17 bits per heavy atom. The van der Waals surface area contributed by atoms with Gasteiger partial charge in [-0.2, -0.15) is 0 Å². The molecule has 60 valence electrons. The van der Waals surface area contributed by atoms with E-state index in [1.54, 1.807) is 6.07 Å².